The van der Waals surface area contributed by atoms with Crippen molar-refractivity contribution < 1.29 is 0 Å². The standard InChI is InChI=1S/C40H26N6/c1-5-15-27(16-6-1)35-41-36(28-17-7-2-8-18-28)44-39(43-35)33-25-31-23-13-14-24-32(31)26-34(33)40-45-37(29-19-9-3-10-20-29)42-38(46-40)30-21-11-4-12-22-30/h1-26H. The second kappa shape index (κ2) is 11.9. The minimum Gasteiger partial charge on any atom is -0.208 e. The molecule has 8 aromatic rings. The van der Waals surface area contributed by atoms with Crippen molar-refractivity contribution in [1.82, 2.24) is 29.9 Å². The van der Waals surface area contributed by atoms with E-state index in [2.05, 4.69) is 24.3 Å². The molecule has 8 rings (SSSR count). The summed E-state index contributed by atoms with van der Waals surface area (Å²) in [6.45, 7) is 0. The first-order chi connectivity index (χ1) is 22.8. The van der Waals surface area contributed by atoms with Crippen LogP contribution in [0.25, 0.3) is 79.1 Å². The fourth-order valence-corrected chi connectivity index (χ4v) is 5.47. The molecule has 0 fully saturated rings. The van der Waals surface area contributed by atoms with Crippen LogP contribution < -0.4 is 0 Å². The van der Waals surface area contributed by atoms with Gasteiger partial charge in [0.2, 0.25) is 0 Å². The summed E-state index contributed by atoms with van der Waals surface area (Å²) in [7, 11) is 0. The highest BCUT2D eigenvalue weighted by Crippen LogP contribution is 2.36. The molecule has 6 nitrogen and oxygen atoms in total. The van der Waals surface area contributed by atoms with Gasteiger partial charge >= 0.3 is 0 Å². The highest BCUT2D eigenvalue weighted by Gasteiger charge is 2.20. The molecule has 0 saturated carbocycles. The van der Waals surface area contributed by atoms with Gasteiger partial charge in [0.1, 0.15) is 0 Å². The average molecular weight is 591 g/mol. The van der Waals surface area contributed by atoms with Crippen LogP contribution >= 0.6 is 0 Å². The van der Waals surface area contributed by atoms with Gasteiger partial charge in [0.25, 0.3) is 0 Å². The van der Waals surface area contributed by atoms with Crippen molar-refractivity contribution in [1.29, 1.82) is 0 Å². The zero-order valence-corrected chi connectivity index (χ0v) is 24.7. The van der Waals surface area contributed by atoms with Crippen LogP contribution in [0, 0.1) is 0 Å². The van der Waals surface area contributed by atoms with E-state index in [-0.39, 0.29) is 0 Å². The normalized spacial score (nSPS) is 11.0. The molecule has 216 valence electrons. The number of rotatable bonds is 6. The molecule has 0 aliphatic heterocycles. The van der Waals surface area contributed by atoms with E-state index < -0.39 is 0 Å². The number of hydrogen-bond acceptors (Lipinski definition) is 6. The smallest absolute Gasteiger partial charge is 0.164 e. The van der Waals surface area contributed by atoms with Crippen LogP contribution in [0.5, 0.6) is 0 Å². The molecule has 0 aliphatic carbocycles. The highest BCUT2D eigenvalue weighted by atomic mass is 15.1. The Hall–Kier alpha value is -6.40. The molecule has 0 atom stereocenters. The maximum absolute atomic E-state index is 5.06. The van der Waals surface area contributed by atoms with Crippen molar-refractivity contribution in [2.75, 3.05) is 0 Å². The Morgan fingerprint density at radius 2 is 0.478 bits per heavy atom. The van der Waals surface area contributed by atoms with E-state index in [0.29, 0.717) is 34.9 Å². The van der Waals surface area contributed by atoms with Crippen LogP contribution in [-0.4, -0.2) is 29.9 Å². The summed E-state index contributed by atoms with van der Waals surface area (Å²) in [6, 6.07) is 52.5. The minimum atomic E-state index is 0.538. The lowest BCUT2D eigenvalue weighted by atomic mass is 9.99. The van der Waals surface area contributed by atoms with Crippen LogP contribution in [0.4, 0.5) is 0 Å². The van der Waals surface area contributed by atoms with Gasteiger partial charge in [0.05, 0.1) is 0 Å². The molecule has 46 heavy (non-hydrogen) atoms. The summed E-state index contributed by atoms with van der Waals surface area (Å²) < 4.78 is 0. The first-order valence-electron chi connectivity index (χ1n) is 15.1. The summed E-state index contributed by atoms with van der Waals surface area (Å²) in [6.07, 6.45) is 0. The van der Waals surface area contributed by atoms with Gasteiger partial charge in [0, 0.05) is 33.4 Å². The molecule has 0 bridgehead atoms. The topological polar surface area (TPSA) is 77.3 Å². The Kier molecular flexibility index (Phi) is 7.05. The molecule has 0 aliphatic rings. The number of hydrogen-bond donors (Lipinski definition) is 0. The van der Waals surface area contributed by atoms with Gasteiger partial charge in [-0.15, -0.1) is 0 Å². The van der Waals surface area contributed by atoms with Gasteiger partial charge in [-0.3, -0.25) is 0 Å². The summed E-state index contributed by atoms with van der Waals surface area (Å²) in [5.41, 5.74) is 5.23. The third-order valence-electron chi connectivity index (χ3n) is 7.77. The van der Waals surface area contributed by atoms with E-state index in [1.165, 1.54) is 0 Å². The summed E-state index contributed by atoms with van der Waals surface area (Å²) in [4.78, 5) is 30.1. The molecule has 2 aromatic heterocycles. The molecule has 2 heterocycles. The van der Waals surface area contributed by atoms with Crippen LogP contribution in [-0.2, 0) is 0 Å². The van der Waals surface area contributed by atoms with Crippen LogP contribution in [0.1, 0.15) is 0 Å². The number of aromatic nitrogens is 6. The maximum Gasteiger partial charge on any atom is 0.164 e. The predicted molar refractivity (Wildman–Crippen MR) is 183 cm³/mol. The second-order valence-corrected chi connectivity index (χ2v) is 10.8. The molecule has 0 unspecified atom stereocenters. The van der Waals surface area contributed by atoms with Gasteiger partial charge in [0.15, 0.2) is 34.9 Å². The molecular weight excluding hydrogens is 564 g/mol. The SMILES string of the molecule is c1ccc(-c2nc(-c3ccccc3)nc(-c3cc4ccccc4cc3-c3nc(-c4ccccc4)nc(-c4ccccc4)n3)n2)cc1. The molecular formula is C40H26N6. The summed E-state index contributed by atoms with van der Waals surface area (Å²) >= 11 is 0. The van der Waals surface area contributed by atoms with Crippen molar-refractivity contribution in [3.8, 4) is 68.3 Å². The zero-order valence-electron chi connectivity index (χ0n) is 24.7. The predicted octanol–water partition coefficient (Wildman–Crippen LogP) is 9.21. The fraction of sp³-hybridized carbons (Fsp3) is 0. The van der Waals surface area contributed by atoms with Crippen LogP contribution in [0.3, 0.4) is 0 Å². The lowest BCUT2D eigenvalue weighted by molar-refractivity contribution is 1.06. The average Bonchev–Trinajstić information content (AvgIpc) is 3.15. The van der Waals surface area contributed by atoms with Crippen molar-refractivity contribution in [2.45, 2.75) is 0 Å². The molecule has 0 N–H and O–H groups in total. The van der Waals surface area contributed by atoms with Gasteiger partial charge < -0.3 is 0 Å². The Morgan fingerprint density at radius 1 is 0.239 bits per heavy atom. The van der Waals surface area contributed by atoms with Crippen LogP contribution in [0.15, 0.2) is 158 Å². The third kappa shape index (κ3) is 5.40. The Balaban J connectivity index is 1.41. The maximum atomic E-state index is 5.06. The Bertz CT molecular complexity index is 2010. The quantitative estimate of drug-likeness (QED) is 0.192. The Labute approximate surface area is 266 Å². The summed E-state index contributed by atoms with van der Waals surface area (Å²) in [5, 5.41) is 2.12. The zero-order chi connectivity index (χ0) is 30.7. The van der Waals surface area contributed by atoms with Gasteiger partial charge in [-0.05, 0) is 22.9 Å². The van der Waals surface area contributed by atoms with E-state index in [9.17, 15) is 0 Å². The highest BCUT2D eigenvalue weighted by molar-refractivity contribution is 5.94. The van der Waals surface area contributed by atoms with E-state index >= 15 is 0 Å². The molecule has 0 spiro atoms. The minimum absolute atomic E-state index is 0.538. The van der Waals surface area contributed by atoms with Gasteiger partial charge in [-0.1, -0.05) is 146 Å². The molecule has 6 heteroatoms. The number of nitrogens with zero attached hydrogens (tertiary/aromatic N) is 6. The van der Waals surface area contributed by atoms with Crippen molar-refractivity contribution in [3.63, 3.8) is 0 Å². The van der Waals surface area contributed by atoms with Gasteiger partial charge in [-0.2, -0.15) is 0 Å². The van der Waals surface area contributed by atoms with Crippen molar-refractivity contribution in [3.05, 3.63) is 158 Å². The van der Waals surface area contributed by atoms with Crippen molar-refractivity contribution in [2.24, 2.45) is 0 Å². The molecule has 6 aromatic carbocycles. The van der Waals surface area contributed by atoms with E-state index in [4.69, 9.17) is 29.9 Å². The van der Waals surface area contributed by atoms with E-state index in [0.717, 1.165) is 44.2 Å². The van der Waals surface area contributed by atoms with Crippen molar-refractivity contribution >= 4 is 10.8 Å². The first kappa shape index (κ1) is 27.2. The monoisotopic (exact) mass is 590 g/mol. The second-order valence-electron chi connectivity index (χ2n) is 10.8. The van der Waals surface area contributed by atoms with Crippen LogP contribution in [0.2, 0.25) is 0 Å². The van der Waals surface area contributed by atoms with E-state index in [1.54, 1.807) is 0 Å². The Morgan fingerprint density at radius 3 is 0.761 bits per heavy atom. The summed E-state index contributed by atoms with van der Waals surface area (Å²) in [5.74, 6) is 3.44. The molecule has 0 radical (unpaired) electrons. The largest absolute Gasteiger partial charge is 0.208 e. The molecule has 0 saturated heterocycles. The number of fused-ring (bicyclic) bond motifs is 1. The molecule has 0 amide bonds. The first-order valence-corrected chi connectivity index (χ1v) is 15.1. The third-order valence-corrected chi connectivity index (χ3v) is 7.77. The van der Waals surface area contributed by atoms with Gasteiger partial charge in [-0.25, -0.2) is 29.9 Å². The lowest BCUT2D eigenvalue weighted by Crippen LogP contribution is -2.04. The fourth-order valence-electron chi connectivity index (χ4n) is 5.47. The lowest BCUT2D eigenvalue weighted by Gasteiger charge is -2.14. The number of benzene rings is 6. The van der Waals surface area contributed by atoms with E-state index in [1.807, 2.05) is 133 Å².